The standard InChI is InChI=1S/C18H20ClNO3/c1-12-4-9-16(17(19)10-12)18(21)20-13(2)11-23-15-7-5-14(22-3)6-8-15/h4-10,13H,11H2,1-3H3,(H,20,21)/t13-/m1/s1. The summed E-state index contributed by atoms with van der Waals surface area (Å²) in [7, 11) is 1.61. The van der Waals surface area contributed by atoms with Crippen molar-refractivity contribution in [3.05, 3.63) is 58.6 Å². The van der Waals surface area contributed by atoms with Gasteiger partial charge in [0.1, 0.15) is 18.1 Å². The van der Waals surface area contributed by atoms with Gasteiger partial charge in [-0.05, 0) is 55.8 Å². The number of hydrogen-bond donors (Lipinski definition) is 1. The van der Waals surface area contributed by atoms with Crippen molar-refractivity contribution >= 4 is 17.5 Å². The Morgan fingerprint density at radius 3 is 2.43 bits per heavy atom. The van der Waals surface area contributed by atoms with E-state index < -0.39 is 0 Å². The van der Waals surface area contributed by atoms with Crippen molar-refractivity contribution in [3.8, 4) is 11.5 Å². The van der Waals surface area contributed by atoms with Crippen LogP contribution in [-0.2, 0) is 0 Å². The lowest BCUT2D eigenvalue weighted by molar-refractivity contribution is 0.0927. The van der Waals surface area contributed by atoms with Crippen LogP contribution in [0, 0.1) is 6.92 Å². The number of carbonyl (C=O) groups is 1. The van der Waals surface area contributed by atoms with Crippen molar-refractivity contribution in [1.82, 2.24) is 5.32 Å². The summed E-state index contributed by atoms with van der Waals surface area (Å²) in [5.74, 6) is 1.29. The first-order valence-corrected chi connectivity index (χ1v) is 7.71. The van der Waals surface area contributed by atoms with E-state index in [4.69, 9.17) is 21.1 Å². The number of ether oxygens (including phenoxy) is 2. The van der Waals surface area contributed by atoms with Crippen molar-refractivity contribution in [1.29, 1.82) is 0 Å². The highest BCUT2D eigenvalue weighted by Gasteiger charge is 2.13. The van der Waals surface area contributed by atoms with Crippen LogP contribution in [0.25, 0.3) is 0 Å². The number of halogens is 1. The van der Waals surface area contributed by atoms with E-state index in [1.54, 1.807) is 19.2 Å². The molecule has 0 unspecified atom stereocenters. The van der Waals surface area contributed by atoms with Gasteiger partial charge in [0.15, 0.2) is 0 Å². The molecule has 0 heterocycles. The second kappa shape index (κ2) is 7.88. The Hall–Kier alpha value is -2.20. The molecule has 23 heavy (non-hydrogen) atoms. The molecule has 5 heteroatoms. The molecule has 2 rings (SSSR count). The lowest BCUT2D eigenvalue weighted by Gasteiger charge is -2.16. The second-order valence-electron chi connectivity index (χ2n) is 5.34. The molecule has 0 aliphatic carbocycles. The van der Waals surface area contributed by atoms with Gasteiger partial charge in [0.25, 0.3) is 5.91 Å². The zero-order valence-electron chi connectivity index (χ0n) is 13.4. The predicted octanol–water partition coefficient (Wildman–Crippen LogP) is 3.85. The number of benzene rings is 2. The molecule has 1 N–H and O–H groups in total. The average molecular weight is 334 g/mol. The first-order valence-electron chi connectivity index (χ1n) is 7.33. The van der Waals surface area contributed by atoms with Gasteiger partial charge in [-0.25, -0.2) is 0 Å². The van der Waals surface area contributed by atoms with Gasteiger partial charge in [0.2, 0.25) is 0 Å². The fourth-order valence-electron chi connectivity index (χ4n) is 2.04. The minimum absolute atomic E-state index is 0.151. The normalized spacial score (nSPS) is 11.7. The number of amides is 1. The van der Waals surface area contributed by atoms with Crippen LogP contribution in [0.3, 0.4) is 0 Å². The minimum atomic E-state index is -0.208. The lowest BCUT2D eigenvalue weighted by atomic mass is 10.1. The average Bonchev–Trinajstić information content (AvgIpc) is 2.53. The van der Waals surface area contributed by atoms with E-state index in [1.165, 1.54) is 0 Å². The molecule has 0 fully saturated rings. The van der Waals surface area contributed by atoms with Crippen LogP contribution in [0.15, 0.2) is 42.5 Å². The summed E-state index contributed by atoms with van der Waals surface area (Å²) < 4.78 is 10.7. The molecule has 0 bridgehead atoms. The van der Waals surface area contributed by atoms with Crippen LogP contribution in [0.1, 0.15) is 22.8 Å². The highest BCUT2D eigenvalue weighted by Crippen LogP contribution is 2.18. The topological polar surface area (TPSA) is 47.6 Å². The Bertz CT molecular complexity index is 670. The van der Waals surface area contributed by atoms with Crippen LogP contribution >= 0.6 is 11.6 Å². The highest BCUT2D eigenvalue weighted by atomic mass is 35.5. The molecular formula is C18H20ClNO3. The number of rotatable bonds is 6. The number of hydrogen-bond acceptors (Lipinski definition) is 3. The summed E-state index contributed by atoms with van der Waals surface area (Å²) >= 11 is 6.11. The van der Waals surface area contributed by atoms with Gasteiger partial charge < -0.3 is 14.8 Å². The number of nitrogens with one attached hydrogen (secondary N) is 1. The number of methoxy groups -OCH3 is 1. The number of carbonyl (C=O) groups excluding carboxylic acids is 1. The van der Waals surface area contributed by atoms with Crippen LogP contribution < -0.4 is 14.8 Å². The third-order valence-electron chi connectivity index (χ3n) is 3.31. The summed E-state index contributed by atoms with van der Waals surface area (Å²) in [6.45, 7) is 4.17. The molecule has 4 nitrogen and oxygen atoms in total. The zero-order valence-corrected chi connectivity index (χ0v) is 14.2. The van der Waals surface area contributed by atoms with E-state index in [0.717, 1.165) is 17.1 Å². The largest absolute Gasteiger partial charge is 0.497 e. The predicted molar refractivity (Wildman–Crippen MR) is 91.6 cm³/mol. The Kier molecular flexibility index (Phi) is 5.88. The molecular weight excluding hydrogens is 314 g/mol. The fourth-order valence-corrected chi connectivity index (χ4v) is 2.36. The molecule has 122 valence electrons. The van der Waals surface area contributed by atoms with E-state index in [9.17, 15) is 4.79 Å². The van der Waals surface area contributed by atoms with E-state index >= 15 is 0 Å². The Balaban J connectivity index is 1.88. The summed E-state index contributed by atoms with van der Waals surface area (Å²) in [6, 6.07) is 12.5. The van der Waals surface area contributed by atoms with Gasteiger partial charge in [0.05, 0.1) is 23.7 Å². The SMILES string of the molecule is COc1ccc(OC[C@@H](C)NC(=O)c2ccc(C)cc2Cl)cc1. The smallest absolute Gasteiger partial charge is 0.253 e. The first kappa shape index (κ1) is 17.2. The summed E-state index contributed by atoms with van der Waals surface area (Å²) in [6.07, 6.45) is 0. The van der Waals surface area contributed by atoms with E-state index in [1.807, 2.05) is 44.2 Å². The minimum Gasteiger partial charge on any atom is -0.497 e. The van der Waals surface area contributed by atoms with Crippen LogP contribution in [0.4, 0.5) is 0 Å². The van der Waals surface area contributed by atoms with Gasteiger partial charge in [0, 0.05) is 0 Å². The molecule has 2 aromatic carbocycles. The third-order valence-corrected chi connectivity index (χ3v) is 3.62. The van der Waals surface area contributed by atoms with Crippen molar-refractivity contribution in [2.24, 2.45) is 0 Å². The maximum atomic E-state index is 12.2. The van der Waals surface area contributed by atoms with Gasteiger partial charge in [-0.2, -0.15) is 0 Å². The molecule has 0 saturated carbocycles. The molecule has 1 atom stereocenters. The Morgan fingerprint density at radius 2 is 1.83 bits per heavy atom. The summed E-state index contributed by atoms with van der Waals surface area (Å²) in [5, 5.41) is 3.33. The van der Waals surface area contributed by atoms with Crippen LogP contribution in [-0.4, -0.2) is 25.7 Å². The Morgan fingerprint density at radius 1 is 1.17 bits per heavy atom. The molecule has 0 radical (unpaired) electrons. The molecule has 0 aliphatic heterocycles. The fraction of sp³-hybridized carbons (Fsp3) is 0.278. The Labute approximate surface area is 141 Å². The lowest BCUT2D eigenvalue weighted by Crippen LogP contribution is -2.36. The summed E-state index contributed by atoms with van der Waals surface area (Å²) in [4.78, 5) is 12.2. The maximum absolute atomic E-state index is 12.2. The van der Waals surface area contributed by atoms with Crippen molar-refractivity contribution in [2.75, 3.05) is 13.7 Å². The van der Waals surface area contributed by atoms with Crippen molar-refractivity contribution < 1.29 is 14.3 Å². The third kappa shape index (κ3) is 4.89. The van der Waals surface area contributed by atoms with E-state index in [0.29, 0.717) is 17.2 Å². The number of aryl methyl sites for hydroxylation is 1. The molecule has 0 spiro atoms. The van der Waals surface area contributed by atoms with Crippen molar-refractivity contribution in [3.63, 3.8) is 0 Å². The maximum Gasteiger partial charge on any atom is 0.253 e. The van der Waals surface area contributed by atoms with Gasteiger partial charge in [-0.15, -0.1) is 0 Å². The van der Waals surface area contributed by atoms with Gasteiger partial charge in [-0.3, -0.25) is 4.79 Å². The van der Waals surface area contributed by atoms with E-state index in [2.05, 4.69) is 5.32 Å². The monoisotopic (exact) mass is 333 g/mol. The highest BCUT2D eigenvalue weighted by molar-refractivity contribution is 6.33. The summed E-state index contributed by atoms with van der Waals surface area (Å²) in [5.41, 5.74) is 1.48. The second-order valence-corrected chi connectivity index (χ2v) is 5.75. The van der Waals surface area contributed by atoms with E-state index in [-0.39, 0.29) is 11.9 Å². The quantitative estimate of drug-likeness (QED) is 0.873. The molecule has 2 aromatic rings. The van der Waals surface area contributed by atoms with Gasteiger partial charge >= 0.3 is 0 Å². The van der Waals surface area contributed by atoms with Crippen LogP contribution in [0.5, 0.6) is 11.5 Å². The molecule has 0 saturated heterocycles. The van der Waals surface area contributed by atoms with Crippen LogP contribution in [0.2, 0.25) is 5.02 Å². The first-order chi connectivity index (χ1) is 11.0. The molecule has 0 aromatic heterocycles. The molecule has 1 amide bonds. The zero-order chi connectivity index (χ0) is 16.8. The molecule has 0 aliphatic rings. The van der Waals surface area contributed by atoms with Crippen molar-refractivity contribution in [2.45, 2.75) is 19.9 Å². The van der Waals surface area contributed by atoms with Gasteiger partial charge in [-0.1, -0.05) is 17.7 Å².